The molecule has 3 aromatic rings. The van der Waals surface area contributed by atoms with Crippen LogP contribution in [0.15, 0.2) is 60.0 Å². The van der Waals surface area contributed by atoms with Crippen LogP contribution in [0.3, 0.4) is 0 Å². The summed E-state index contributed by atoms with van der Waals surface area (Å²) in [5.74, 6) is 0.745. The number of hydrogen-bond acceptors (Lipinski definition) is 1. The van der Waals surface area contributed by atoms with E-state index in [1.165, 1.54) is 40.5 Å². The third-order valence-electron chi connectivity index (χ3n) is 3.99. The normalized spacial score (nSPS) is 12.7. The first-order chi connectivity index (χ1) is 9.85. The fraction of sp³-hybridized carbons (Fsp3) is 0.263. The summed E-state index contributed by atoms with van der Waals surface area (Å²) in [6.45, 7) is 2.30. The molecule has 1 atom stereocenters. The average molecular weight is 280 g/mol. The molecular weight excluding hydrogens is 260 g/mol. The van der Waals surface area contributed by atoms with Crippen LogP contribution in [0.1, 0.15) is 23.8 Å². The minimum Gasteiger partial charge on any atom is -0.149 e. The molecule has 20 heavy (non-hydrogen) atoms. The Balaban J connectivity index is 1.76. The summed E-state index contributed by atoms with van der Waals surface area (Å²) in [6.07, 6.45) is 3.63. The number of rotatable bonds is 5. The van der Waals surface area contributed by atoms with E-state index in [2.05, 4.69) is 66.9 Å². The van der Waals surface area contributed by atoms with Crippen LogP contribution < -0.4 is 0 Å². The van der Waals surface area contributed by atoms with Gasteiger partial charge in [0.2, 0.25) is 0 Å². The van der Waals surface area contributed by atoms with Gasteiger partial charge in [0.15, 0.2) is 0 Å². The maximum absolute atomic E-state index is 2.35. The molecule has 0 amide bonds. The molecule has 0 saturated carbocycles. The Kier molecular flexibility index (Phi) is 4.17. The van der Waals surface area contributed by atoms with Crippen LogP contribution in [0.25, 0.3) is 10.8 Å². The third-order valence-corrected chi connectivity index (χ3v) is 4.88. The molecule has 0 fully saturated rings. The van der Waals surface area contributed by atoms with Crippen molar-refractivity contribution < 1.29 is 0 Å². The highest BCUT2D eigenvalue weighted by molar-refractivity contribution is 7.09. The van der Waals surface area contributed by atoms with Crippen molar-refractivity contribution in [2.24, 2.45) is 5.92 Å². The molecule has 3 rings (SSSR count). The highest BCUT2D eigenvalue weighted by Crippen LogP contribution is 2.23. The SMILES string of the molecule is CCC(Cc1ccc2ccccc2c1)Cc1cccs1. The van der Waals surface area contributed by atoms with E-state index >= 15 is 0 Å². The largest absolute Gasteiger partial charge is 0.149 e. The molecule has 1 heteroatoms. The van der Waals surface area contributed by atoms with E-state index in [1.807, 2.05) is 11.3 Å². The van der Waals surface area contributed by atoms with E-state index in [4.69, 9.17) is 0 Å². The zero-order valence-corrected chi connectivity index (χ0v) is 12.7. The lowest BCUT2D eigenvalue weighted by Gasteiger charge is -2.14. The summed E-state index contributed by atoms with van der Waals surface area (Å²) < 4.78 is 0. The van der Waals surface area contributed by atoms with Gasteiger partial charge in [-0.2, -0.15) is 0 Å². The molecule has 0 bridgehead atoms. The minimum absolute atomic E-state index is 0.745. The van der Waals surface area contributed by atoms with E-state index in [0.717, 1.165) is 5.92 Å². The first kappa shape index (κ1) is 13.4. The van der Waals surface area contributed by atoms with Crippen molar-refractivity contribution in [2.45, 2.75) is 26.2 Å². The van der Waals surface area contributed by atoms with Gasteiger partial charge in [-0.05, 0) is 46.5 Å². The zero-order valence-electron chi connectivity index (χ0n) is 11.9. The predicted octanol–water partition coefficient (Wildman–Crippen LogP) is 5.71. The lowest BCUT2D eigenvalue weighted by molar-refractivity contribution is 0.508. The van der Waals surface area contributed by atoms with Gasteiger partial charge in [-0.15, -0.1) is 11.3 Å². The second-order valence-corrected chi connectivity index (χ2v) is 6.48. The topological polar surface area (TPSA) is 0 Å². The van der Waals surface area contributed by atoms with E-state index < -0.39 is 0 Å². The molecule has 0 radical (unpaired) electrons. The summed E-state index contributed by atoms with van der Waals surface area (Å²) in [5, 5.41) is 4.87. The Morgan fingerprint density at radius 1 is 0.900 bits per heavy atom. The Morgan fingerprint density at radius 3 is 2.50 bits per heavy atom. The number of fused-ring (bicyclic) bond motifs is 1. The Bertz CT molecular complexity index is 667. The van der Waals surface area contributed by atoms with Crippen molar-refractivity contribution in [2.75, 3.05) is 0 Å². The van der Waals surface area contributed by atoms with Gasteiger partial charge in [0.1, 0.15) is 0 Å². The fourth-order valence-corrected chi connectivity index (χ4v) is 3.59. The lowest BCUT2D eigenvalue weighted by atomic mass is 9.92. The molecule has 0 saturated heterocycles. The van der Waals surface area contributed by atoms with Crippen molar-refractivity contribution >= 4 is 22.1 Å². The Morgan fingerprint density at radius 2 is 1.75 bits per heavy atom. The molecule has 1 unspecified atom stereocenters. The highest BCUT2D eigenvalue weighted by Gasteiger charge is 2.09. The first-order valence-electron chi connectivity index (χ1n) is 7.35. The maximum atomic E-state index is 2.35. The molecule has 2 aromatic carbocycles. The Labute approximate surface area is 125 Å². The fourth-order valence-electron chi connectivity index (χ4n) is 2.77. The molecule has 0 spiro atoms. The van der Waals surface area contributed by atoms with Crippen molar-refractivity contribution in [3.63, 3.8) is 0 Å². The molecule has 102 valence electrons. The van der Waals surface area contributed by atoms with E-state index in [9.17, 15) is 0 Å². The third kappa shape index (κ3) is 3.10. The van der Waals surface area contributed by atoms with Gasteiger partial charge in [-0.3, -0.25) is 0 Å². The van der Waals surface area contributed by atoms with E-state index in [-0.39, 0.29) is 0 Å². The average Bonchev–Trinajstić information content (AvgIpc) is 2.99. The summed E-state index contributed by atoms with van der Waals surface area (Å²) in [4.78, 5) is 1.51. The van der Waals surface area contributed by atoms with Gasteiger partial charge in [0.25, 0.3) is 0 Å². The van der Waals surface area contributed by atoms with E-state index in [1.54, 1.807) is 0 Å². The Hall–Kier alpha value is -1.60. The molecule has 0 N–H and O–H groups in total. The second-order valence-electron chi connectivity index (χ2n) is 5.44. The molecule has 1 aromatic heterocycles. The van der Waals surface area contributed by atoms with Gasteiger partial charge in [-0.25, -0.2) is 0 Å². The van der Waals surface area contributed by atoms with Crippen LogP contribution in [0.5, 0.6) is 0 Å². The van der Waals surface area contributed by atoms with Crippen LogP contribution >= 0.6 is 11.3 Å². The van der Waals surface area contributed by atoms with Crippen molar-refractivity contribution in [3.05, 3.63) is 70.4 Å². The van der Waals surface area contributed by atoms with Gasteiger partial charge >= 0.3 is 0 Å². The highest BCUT2D eigenvalue weighted by atomic mass is 32.1. The van der Waals surface area contributed by atoms with Crippen molar-refractivity contribution in [1.29, 1.82) is 0 Å². The van der Waals surface area contributed by atoms with Crippen LogP contribution in [-0.2, 0) is 12.8 Å². The lowest BCUT2D eigenvalue weighted by Crippen LogP contribution is -2.06. The second kappa shape index (κ2) is 6.23. The monoisotopic (exact) mass is 280 g/mol. The number of hydrogen-bond donors (Lipinski definition) is 0. The molecule has 0 aliphatic rings. The quantitative estimate of drug-likeness (QED) is 0.561. The molecule has 1 heterocycles. The van der Waals surface area contributed by atoms with E-state index in [0.29, 0.717) is 0 Å². The van der Waals surface area contributed by atoms with Gasteiger partial charge in [0.05, 0.1) is 0 Å². The molecule has 0 nitrogen and oxygen atoms in total. The summed E-state index contributed by atoms with van der Waals surface area (Å²) in [5.41, 5.74) is 1.46. The van der Waals surface area contributed by atoms with Gasteiger partial charge in [0, 0.05) is 4.88 Å². The number of thiophene rings is 1. The molecule has 0 aliphatic carbocycles. The van der Waals surface area contributed by atoms with Gasteiger partial charge < -0.3 is 0 Å². The van der Waals surface area contributed by atoms with Crippen LogP contribution in [-0.4, -0.2) is 0 Å². The van der Waals surface area contributed by atoms with Crippen molar-refractivity contribution in [3.8, 4) is 0 Å². The predicted molar refractivity (Wildman–Crippen MR) is 89.5 cm³/mol. The first-order valence-corrected chi connectivity index (χ1v) is 8.23. The molecule has 0 aliphatic heterocycles. The number of benzene rings is 2. The molecular formula is C19H20S. The standard InChI is InChI=1S/C19H20S/c1-2-15(14-19-8-5-11-20-19)12-16-9-10-17-6-3-4-7-18(17)13-16/h3-11,13,15H,2,12,14H2,1H3. The summed E-state index contributed by atoms with van der Waals surface area (Å²) >= 11 is 1.88. The smallest absolute Gasteiger partial charge is 0.00480 e. The van der Waals surface area contributed by atoms with Crippen LogP contribution in [0, 0.1) is 5.92 Å². The van der Waals surface area contributed by atoms with Crippen molar-refractivity contribution in [1.82, 2.24) is 0 Å². The summed E-state index contributed by atoms with van der Waals surface area (Å²) in [7, 11) is 0. The minimum atomic E-state index is 0.745. The van der Waals surface area contributed by atoms with Crippen LogP contribution in [0.2, 0.25) is 0 Å². The summed E-state index contributed by atoms with van der Waals surface area (Å²) in [6, 6.07) is 19.9. The maximum Gasteiger partial charge on any atom is 0.00480 e. The van der Waals surface area contributed by atoms with Crippen LogP contribution in [0.4, 0.5) is 0 Å². The van der Waals surface area contributed by atoms with Gasteiger partial charge in [-0.1, -0.05) is 61.9 Å². The zero-order chi connectivity index (χ0) is 13.8.